The summed E-state index contributed by atoms with van der Waals surface area (Å²) in [7, 11) is 0. The van der Waals surface area contributed by atoms with Crippen LogP contribution in [0, 0.1) is 10.8 Å². The van der Waals surface area contributed by atoms with Crippen LogP contribution in [0.4, 0.5) is 0 Å². The van der Waals surface area contributed by atoms with Gasteiger partial charge in [0.05, 0.1) is 0 Å². The molecule has 2 rings (SSSR count). The maximum Gasteiger partial charge on any atom is 0.00509 e. The highest BCUT2D eigenvalue weighted by Gasteiger charge is 2.40. The predicted molar refractivity (Wildman–Crippen MR) is 78.9 cm³/mol. The molecular weight excluding hydrogens is 220 g/mol. The summed E-state index contributed by atoms with van der Waals surface area (Å²) in [5, 5.41) is 3.59. The summed E-state index contributed by atoms with van der Waals surface area (Å²) >= 11 is 0. The molecule has 2 saturated heterocycles. The SMILES string of the molecule is CCCC1(CN2CCC(CC)(CC)C2)CCNC1. The Kier molecular flexibility index (Phi) is 4.71. The van der Waals surface area contributed by atoms with Crippen molar-refractivity contribution in [3.8, 4) is 0 Å². The van der Waals surface area contributed by atoms with Gasteiger partial charge in [0.15, 0.2) is 0 Å². The average Bonchev–Trinajstić information content (AvgIpc) is 2.98. The van der Waals surface area contributed by atoms with Gasteiger partial charge in [0.25, 0.3) is 0 Å². The third-order valence-electron chi connectivity index (χ3n) is 5.69. The Hall–Kier alpha value is -0.0800. The lowest BCUT2D eigenvalue weighted by molar-refractivity contribution is 0.156. The summed E-state index contributed by atoms with van der Waals surface area (Å²) in [5.41, 5.74) is 1.23. The summed E-state index contributed by atoms with van der Waals surface area (Å²) in [6.45, 7) is 13.6. The van der Waals surface area contributed by atoms with E-state index in [1.54, 1.807) is 0 Å². The summed E-state index contributed by atoms with van der Waals surface area (Å²) in [5.74, 6) is 0. The second-order valence-electron chi connectivity index (χ2n) is 6.84. The summed E-state index contributed by atoms with van der Waals surface area (Å²) in [6.07, 6.45) is 8.28. The lowest BCUT2D eigenvalue weighted by Crippen LogP contribution is -2.39. The molecule has 0 aromatic rings. The minimum absolute atomic E-state index is 0.590. The fraction of sp³-hybridized carbons (Fsp3) is 1.00. The lowest BCUT2D eigenvalue weighted by atomic mass is 9.80. The Morgan fingerprint density at radius 1 is 1.06 bits per heavy atom. The molecule has 2 nitrogen and oxygen atoms in total. The standard InChI is InChI=1S/C16H32N2/c1-4-7-16(8-10-17-12-16)14-18-11-9-15(5-2,6-3)13-18/h17H,4-14H2,1-3H3. The average molecular weight is 252 g/mol. The minimum atomic E-state index is 0.590. The Labute approximate surface area is 114 Å². The first-order valence-corrected chi connectivity index (χ1v) is 8.11. The van der Waals surface area contributed by atoms with E-state index in [4.69, 9.17) is 0 Å². The molecular formula is C16H32N2. The third-order valence-corrected chi connectivity index (χ3v) is 5.69. The van der Waals surface area contributed by atoms with Crippen molar-refractivity contribution in [1.29, 1.82) is 0 Å². The van der Waals surface area contributed by atoms with E-state index in [1.807, 2.05) is 0 Å². The van der Waals surface area contributed by atoms with E-state index in [1.165, 1.54) is 71.2 Å². The van der Waals surface area contributed by atoms with Gasteiger partial charge >= 0.3 is 0 Å². The van der Waals surface area contributed by atoms with Crippen molar-refractivity contribution >= 4 is 0 Å². The van der Waals surface area contributed by atoms with Crippen molar-refractivity contribution in [3.05, 3.63) is 0 Å². The third kappa shape index (κ3) is 2.91. The van der Waals surface area contributed by atoms with E-state index in [2.05, 4.69) is 31.0 Å². The highest BCUT2D eigenvalue weighted by atomic mass is 15.2. The topological polar surface area (TPSA) is 15.3 Å². The minimum Gasteiger partial charge on any atom is -0.316 e. The molecule has 0 radical (unpaired) electrons. The Morgan fingerprint density at radius 2 is 1.83 bits per heavy atom. The molecule has 2 heteroatoms. The highest BCUT2D eigenvalue weighted by Crippen LogP contribution is 2.40. The summed E-state index contributed by atoms with van der Waals surface area (Å²) in [4.78, 5) is 2.77. The van der Waals surface area contributed by atoms with E-state index < -0.39 is 0 Å². The van der Waals surface area contributed by atoms with E-state index in [-0.39, 0.29) is 0 Å². The van der Waals surface area contributed by atoms with E-state index >= 15 is 0 Å². The maximum atomic E-state index is 3.59. The molecule has 1 unspecified atom stereocenters. The van der Waals surface area contributed by atoms with Crippen LogP contribution in [0.3, 0.4) is 0 Å². The molecule has 2 aliphatic heterocycles. The zero-order valence-corrected chi connectivity index (χ0v) is 12.7. The number of nitrogens with one attached hydrogen (secondary N) is 1. The molecule has 0 amide bonds. The molecule has 0 aromatic heterocycles. The number of nitrogens with zero attached hydrogens (tertiary/aromatic N) is 1. The van der Waals surface area contributed by atoms with Crippen molar-refractivity contribution in [1.82, 2.24) is 10.2 Å². The van der Waals surface area contributed by atoms with E-state index in [9.17, 15) is 0 Å². The maximum absolute atomic E-state index is 3.59. The molecule has 0 aromatic carbocycles. The first-order chi connectivity index (χ1) is 8.67. The monoisotopic (exact) mass is 252 g/mol. The van der Waals surface area contributed by atoms with E-state index in [0.717, 1.165) is 0 Å². The van der Waals surface area contributed by atoms with Crippen molar-refractivity contribution in [2.45, 2.75) is 59.3 Å². The number of rotatable bonds is 6. The fourth-order valence-corrected chi connectivity index (χ4v) is 4.22. The Balaban J connectivity index is 1.93. The van der Waals surface area contributed by atoms with Crippen LogP contribution in [0.15, 0.2) is 0 Å². The largest absolute Gasteiger partial charge is 0.316 e. The van der Waals surface area contributed by atoms with Crippen molar-refractivity contribution in [3.63, 3.8) is 0 Å². The second-order valence-corrected chi connectivity index (χ2v) is 6.84. The molecule has 2 aliphatic rings. The van der Waals surface area contributed by atoms with Crippen LogP contribution in [0.2, 0.25) is 0 Å². The molecule has 18 heavy (non-hydrogen) atoms. The Bertz CT molecular complexity index is 252. The molecule has 1 N–H and O–H groups in total. The van der Waals surface area contributed by atoms with Crippen LogP contribution in [0.25, 0.3) is 0 Å². The van der Waals surface area contributed by atoms with Crippen LogP contribution in [0.5, 0.6) is 0 Å². The number of hydrogen-bond donors (Lipinski definition) is 1. The smallest absolute Gasteiger partial charge is 0.00509 e. The van der Waals surface area contributed by atoms with E-state index in [0.29, 0.717) is 10.8 Å². The van der Waals surface area contributed by atoms with Gasteiger partial charge in [0.2, 0.25) is 0 Å². The first-order valence-electron chi connectivity index (χ1n) is 8.11. The van der Waals surface area contributed by atoms with Crippen LogP contribution in [0.1, 0.15) is 59.3 Å². The molecule has 2 heterocycles. The van der Waals surface area contributed by atoms with Crippen LogP contribution >= 0.6 is 0 Å². The molecule has 0 saturated carbocycles. The van der Waals surface area contributed by atoms with Gasteiger partial charge in [-0.15, -0.1) is 0 Å². The normalized spacial score (nSPS) is 32.2. The van der Waals surface area contributed by atoms with Crippen LogP contribution < -0.4 is 5.32 Å². The van der Waals surface area contributed by atoms with Gasteiger partial charge < -0.3 is 10.2 Å². The molecule has 0 spiro atoms. The molecule has 0 bridgehead atoms. The van der Waals surface area contributed by atoms with Gasteiger partial charge in [-0.2, -0.15) is 0 Å². The predicted octanol–water partition coefficient (Wildman–Crippen LogP) is 3.28. The second kappa shape index (κ2) is 5.92. The molecule has 1 atom stereocenters. The van der Waals surface area contributed by atoms with Gasteiger partial charge in [-0.25, -0.2) is 0 Å². The van der Waals surface area contributed by atoms with Crippen molar-refractivity contribution < 1.29 is 0 Å². The van der Waals surface area contributed by atoms with Gasteiger partial charge in [-0.1, -0.05) is 27.2 Å². The zero-order valence-electron chi connectivity index (χ0n) is 12.7. The van der Waals surface area contributed by atoms with Gasteiger partial charge in [-0.05, 0) is 56.0 Å². The highest BCUT2D eigenvalue weighted by molar-refractivity contribution is 4.95. The van der Waals surface area contributed by atoms with Gasteiger partial charge in [0.1, 0.15) is 0 Å². The summed E-state index contributed by atoms with van der Waals surface area (Å²) < 4.78 is 0. The fourth-order valence-electron chi connectivity index (χ4n) is 4.22. The first kappa shape index (κ1) is 14.3. The van der Waals surface area contributed by atoms with Gasteiger partial charge in [-0.3, -0.25) is 0 Å². The summed E-state index contributed by atoms with van der Waals surface area (Å²) in [6, 6.07) is 0. The van der Waals surface area contributed by atoms with Crippen LogP contribution in [-0.4, -0.2) is 37.6 Å². The molecule has 0 aliphatic carbocycles. The number of likely N-dealkylation sites (tertiary alicyclic amines) is 1. The molecule has 2 fully saturated rings. The van der Waals surface area contributed by atoms with Crippen molar-refractivity contribution in [2.24, 2.45) is 10.8 Å². The quantitative estimate of drug-likeness (QED) is 0.780. The molecule has 106 valence electrons. The Morgan fingerprint density at radius 3 is 2.33 bits per heavy atom. The van der Waals surface area contributed by atoms with Crippen molar-refractivity contribution in [2.75, 3.05) is 32.7 Å². The van der Waals surface area contributed by atoms with Gasteiger partial charge in [0, 0.05) is 19.6 Å². The zero-order chi connectivity index (χ0) is 13.1. The lowest BCUT2D eigenvalue weighted by Gasteiger charge is -2.34. The van der Waals surface area contributed by atoms with Crippen LogP contribution in [-0.2, 0) is 0 Å². The number of hydrogen-bond acceptors (Lipinski definition) is 2.